The van der Waals surface area contributed by atoms with E-state index >= 15 is 0 Å². The Balaban J connectivity index is 0.00000364. The molecular weight excluding hydrogens is 451 g/mol. The number of carbonyl (C=O) groups excluding carboxylic acids is 1. The van der Waals surface area contributed by atoms with E-state index in [2.05, 4.69) is 34.8 Å². The van der Waals surface area contributed by atoms with Crippen LogP contribution in [0.5, 0.6) is 0 Å². The fraction of sp³-hybridized carbons (Fsp3) is 0.619. The fourth-order valence-corrected chi connectivity index (χ4v) is 3.59. The van der Waals surface area contributed by atoms with Crippen LogP contribution in [-0.2, 0) is 6.54 Å². The first-order chi connectivity index (χ1) is 12.5. The van der Waals surface area contributed by atoms with Crippen molar-refractivity contribution in [1.82, 2.24) is 16.0 Å². The van der Waals surface area contributed by atoms with Crippen LogP contribution in [0.4, 0.5) is 0 Å². The first-order valence-corrected chi connectivity index (χ1v) is 9.87. The number of hydrogen-bond donors (Lipinski definition) is 3. The molecule has 5 nitrogen and oxygen atoms in total. The molecule has 0 radical (unpaired) electrons. The average molecular weight is 486 g/mol. The summed E-state index contributed by atoms with van der Waals surface area (Å²) in [6.07, 6.45) is 4.99. The number of aliphatic imine (C=N–C) groups is 1. The van der Waals surface area contributed by atoms with Crippen molar-refractivity contribution in [3.05, 3.63) is 35.4 Å². The van der Waals surface area contributed by atoms with E-state index in [1.54, 1.807) is 7.05 Å². The van der Waals surface area contributed by atoms with Crippen LogP contribution in [0.1, 0.15) is 62.4 Å². The average Bonchev–Trinajstić information content (AvgIpc) is 2.66. The second-order valence-electron chi connectivity index (χ2n) is 7.49. The predicted molar refractivity (Wildman–Crippen MR) is 124 cm³/mol. The third-order valence-electron chi connectivity index (χ3n) is 5.27. The van der Waals surface area contributed by atoms with Crippen molar-refractivity contribution >= 4 is 35.8 Å². The van der Waals surface area contributed by atoms with E-state index in [1.807, 2.05) is 31.2 Å². The molecule has 0 aliphatic heterocycles. The van der Waals surface area contributed by atoms with Crippen molar-refractivity contribution in [2.24, 2.45) is 16.8 Å². The van der Waals surface area contributed by atoms with Crippen LogP contribution in [-0.4, -0.2) is 31.5 Å². The SMILES string of the molecule is CCNC(=O)c1cccc(CNC(=NC)NC2CCC(C(C)C)CC2)c1.I. The molecule has 1 aromatic rings. The normalized spacial score (nSPS) is 20.0. The number of halogens is 1. The molecule has 1 aliphatic rings. The summed E-state index contributed by atoms with van der Waals surface area (Å²) in [5.74, 6) is 2.45. The summed E-state index contributed by atoms with van der Waals surface area (Å²) in [5, 5.41) is 9.76. The summed E-state index contributed by atoms with van der Waals surface area (Å²) in [5.41, 5.74) is 1.77. The first-order valence-electron chi connectivity index (χ1n) is 9.87. The minimum Gasteiger partial charge on any atom is -0.354 e. The van der Waals surface area contributed by atoms with E-state index in [0.29, 0.717) is 24.7 Å². The molecule has 3 N–H and O–H groups in total. The zero-order valence-electron chi connectivity index (χ0n) is 17.0. The van der Waals surface area contributed by atoms with Gasteiger partial charge in [-0.25, -0.2) is 0 Å². The Kier molecular flexibility index (Phi) is 10.7. The van der Waals surface area contributed by atoms with Gasteiger partial charge in [0.2, 0.25) is 0 Å². The number of nitrogens with one attached hydrogen (secondary N) is 3. The van der Waals surface area contributed by atoms with Gasteiger partial charge >= 0.3 is 0 Å². The van der Waals surface area contributed by atoms with Crippen LogP contribution in [0.15, 0.2) is 29.3 Å². The maximum atomic E-state index is 12.0. The van der Waals surface area contributed by atoms with Crippen molar-refractivity contribution in [3.8, 4) is 0 Å². The van der Waals surface area contributed by atoms with Crippen LogP contribution in [0.3, 0.4) is 0 Å². The molecule has 0 saturated heterocycles. The third kappa shape index (κ3) is 7.68. The number of guanidine groups is 1. The zero-order chi connectivity index (χ0) is 18.9. The Morgan fingerprint density at radius 3 is 2.48 bits per heavy atom. The number of benzene rings is 1. The van der Waals surface area contributed by atoms with Crippen LogP contribution in [0.25, 0.3) is 0 Å². The van der Waals surface area contributed by atoms with Gasteiger partial charge in [-0.2, -0.15) is 0 Å². The molecule has 152 valence electrons. The summed E-state index contributed by atoms with van der Waals surface area (Å²) in [6, 6.07) is 8.22. The summed E-state index contributed by atoms with van der Waals surface area (Å²) < 4.78 is 0. The van der Waals surface area contributed by atoms with Crippen molar-refractivity contribution in [2.75, 3.05) is 13.6 Å². The van der Waals surface area contributed by atoms with Crippen LogP contribution in [0, 0.1) is 11.8 Å². The van der Waals surface area contributed by atoms with Crippen molar-refractivity contribution in [1.29, 1.82) is 0 Å². The van der Waals surface area contributed by atoms with Gasteiger partial charge in [0.25, 0.3) is 5.91 Å². The highest BCUT2D eigenvalue weighted by atomic mass is 127. The predicted octanol–water partition coefficient (Wildman–Crippen LogP) is 3.93. The van der Waals surface area contributed by atoms with E-state index < -0.39 is 0 Å². The van der Waals surface area contributed by atoms with E-state index in [4.69, 9.17) is 0 Å². The molecule has 27 heavy (non-hydrogen) atoms. The van der Waals surface area contributed by atoms with Gasteiger partial charge in [0, 0.05) is 31.7 Å². The van der Waals surface area contributed by atoms with Gasteiger partial charge in [-0.15, -0.1) is 24.0 Å². The third-order valence-corrected chi connectivity index (χ3v) is 5.27. The van der Waals surface area contributed by atoms with Crippen molar-refractivity contribution in [2.45, 2.75) is 59.0 Å². The second-order valence-corrected chi connectivity index (χ2v) is 7.49. The van der Waals surface area contributed by atoms with E-state index in [1.165, 1.54) is 25.7 Å². The molecule has 0 spiro atoms. The number of carbonyl (C=O) groups is 1. The van der Waals surface area contributed by atoms with Gasteiger partial charge in [0.15, 0.2) is 5.96 Å². The quantitative estimate of drug-likeness (QED) is 0.324. The smallest absolute Gasteiger partial charge is 0.251 e. The lowest BCUT2D eigenvalue weighted by molar-refractivity contribution is 0.0955. The Hall–Kier alpha value is -1.31. The van der Waals surface area contributed by atoms with Gasteiger partial charge < -0.3 is 16.0 Å². The summed E-state index contributed by atoms with van der Waals surface area (Å²) >= 11 is 0. The number of nitrogens with zero attached hydrogens (tertiary/aromatic N) is 1. The van der Waals surface area contributed by atoms with Gasteiger partial charge in [-0.1, -0.05) is 26.0 Å². The second kappa shape index (κ2) is 12.2. The summed E-state index contributed by atoms with van der Waals surface area (Å²) in [7, 11) is 1.81. The summed E-state index contributed by atoms with van der Waals surface area (Å²) in [6.45, 7) is 7.86. The molecule has 1 saturated carbocycles. The monoisotopic (exact) mass is 486 g/mol. The topological polar surface area (TPSA) is 65.5 Å². The molecule has 2 rings (SSSR count). The van der Waals surface area contributed by atoms with Crippen LogP contribution in [0.2, 0.25) is 0 Å². The maximum absolute atomic E-state index is 12.0. The number of hydrogen-bond acceptors (Lipinski definition) is 2. The molecular formula is C21H35IN4O. The molecule has 0 atom stereocenters. The standard InChI is InChI=1S/C21H34N4O.HI/c1-5-23-20(26)18-8-6-7-16(13-18)14-24-21(22-4)25-19-11-9-17(10-12-19)15(2)3;/h6-8,13,15,17,19H,5,9-12,14H2,1-4H3,(H,23,26)(H2,22,24,25);1H. The van der Waals surface area contributed by atoms with Gasteiger partial charge in [-0.3, -0.25) is 9.79 Å². The van der Waals surface area contributed by atoms with Gasteiger partial charge in [0.05, 0.1) is 0 Å². The first kappa shape index (κ1) is 23.7. The minimum atomic E-state index is -0.0289. The molecule has 0 aromatic heterocycles. The van der Waals surface area contributed by atoms with Crippen molar-refractivity contribution < 1.29 is 4.79 Å². The van der Waals surface area contributed by atoms with E-state index in [9.17, 15) is 4.79 Å². The largest absolute Gasteiger partial charge is 0.354 e. The lowest BCUT2D eigenvalue weighted by Gasteiger charge is -2.32. The lowest BCUT2D eigenvalue weighted by atomic mass is 9.80. The number of amides is 1. The molecule has 0 bridgehead atoms. The highest BCUT2D eigenvalue weighted by molar-refractivity contribution is 14.0. The molecule has 0 heterocycles. The van der Waals surface area contributed by atoms with Crippen molar-refractivity contribution in [3.63, 3.8) is 0 Å². The Morgan fingerprint density at radius 2 is 1.89 bits per heavy atom. The van der Waals surface area contributed by atoms with Gasteiger partial charge in [0.1, 0.15) is 0 Å². The van der Waals surface area contributed by atoms with E-state index in [0.717, 1.165) is 23.4 Å². The van der Waals surface area contributed by atoms with Crippen LogP contribution >= 0.6 is 24.0 Å². The number of rotatable bonds is 6. The summed E-state index contributed by atoms with van der Waals surface area (Å²) in [4.78, 5) is 16.3. The molecule has 0 unspecified atom stereocenters. The van der Waals surface area contributed by atoms with Gasteiger partial charge in [-0.05, 0) is 62.1 Å². The molecule has 1 amide bonds. The minimum absolute atomic E-state index is 0. The fourth-order valence-electron chi connectivity index (χ4n) is 3.59. The molecule has 1 aromatic carbocycles. The highest BCUT2D eigenvalue weighted by Gasteiger charge is 2.23. The Bertz CT molecular complexity index is 610. The maximum Gasteiger partial charge on any atom is 0.251 e. The van der Waals surface area contributed by atoms with Crippen LogP contribution < -0.4 is 16.0 Å². The highest BCUT2D eigenvalue weighted by Crippen LogP contribution is 2.29. The Labute approximate surface area is 181 Å². The lowest BCUT2D eigenvalue weighted by Crippen LogP contribution is -2.44. The molecule has 1 aliphatic carbocycles. The zero-order valence-corrected chi connectivity index (χ0v) is 19.4. The van der Waals surface area contributed by atoms with E-state index in [-0.39, 0.29) is 29.9 Å². The molecule has 6 heteroatoms. The Morgan fingerprint density at radius 1 is 1.19 bits per heavy atom. The molecule has 1 fully saturated rings.